The van der Waals surface area contributed by atoms with Crippen molar-refractivity contribution in [3.63, 3.8) is 0 Å². The molecule has 3 aromatic rings. The summed E-state index contributed by atoms with van der Waals surface area (Å²) in [6.07, 6.45) is 1.04. The van der Waals surface area contributed by atoms with Crippen LogP contribution in [0, 0.1) is 6.92 Å². The Balaban J connectivity index is 1.73. The molecule has 3 rings (SSSR count). The summed E-state index contributed by atoms with van der Waals surface area (Å²) in [5.41, 5.74) is 2.98. The molecule has 0 saturated heterocycles. The third-order valence-electron chi connectivity index (χ3n) is 4.40. The van der Waals surface area contributed by atoms with Gasteiger partial charge in [0.05, 0.1) is 11.3 Å². The van der Waals surface area contributed by atoms with Gasteiger partial charge in [-0.1, -0.05) is 62.0 Å². The molecule has 1 aromatic heterocycles. The number of benzene rings is 2. The minimum atomic E-state index is -0.0221. The van der Waals surface area contributed by atoms with Crippen molar-refractivity contribution < 1.29 is 4.79 Å². The number of nitrogens with zero attached hydrogens (tertiary/aromatic N) is 2. The molecule has 1 amide bonds. The lowest BCUT2D eigenvalue weighted by Crippen LogP contribution is -2.16. The van der Waals surface area contributed by atoms with Gasteiger partial charge in [0.25, 0.3) is 0 Å². The molecule has 0 aliphatic rings. The van der Waals surface area contributed by atoms with Gasteiger partial charge in [-0.3, -0.25) is 4.79 Å². The summed E-state index contributed by atoms with van der Waals surface area (Å²) in [4.78, 5) is 21.5. The van der Waals surface area contributed by atoms with E-state index in [1.54, 1.807) is 0 Å². The standard InChI is InChI=1S/C21H23N3OS/c1-4-14(2)16-9-5-7-11-18(16)24-20(25)13-26-21-17-10-6-8-12-19(17)22-15(3)23-21/h5-12,14H,4,13H2,1-3H3,(H,24,25)/t14-/m1/s1. The number of fused-ring (bicyclic) bond motifs is 1. The van der Waals surface area contributed by atoms with Crippen LogP contribution in [0.25, 0.3) is 10.9 Å². The molecule has 0 spiro atoms. The highest BCUT2D eigenvalue weighted by molar-refractivity contribution is 8.00. The van der Waals surface area contributed by atoms with Crippen LogP contribution in [0.3, 0.4) is 0 Å². The van der Waals surface area contributed by atoms with Gasteiger partial charge in [0.1, 0.15) is 10.9 Å². The number of aryl methyl sites for hydroxylation is 1. The van der Waals surface area contributed by atoms with Crippen molar-refractivity contribution in [3.8, 4) is 0 Å². The number of para-hydroxylation sites is 2. The number of thioether (sulfide) groups is 1. The molecule has 0 aliphatic carbocycles. The van der Waals surface area contributed by atoms with Crippen LogP contribution in [-0.4, -0.2) is 21.6 Å². The average Bonchev–Trinajstić information content (AvgIpc) is 2.65. The van der Waals surface area contributed by atoms with E-state index < -0.39 is 0 Å². The van der Waals surface area contributed by atoms with Crippen LogP contribution >= 0.6 is 11.8 Å². The number of aromatic nitrogens is 2. The van der Waals surface area contributed by atoms with Crippen LogP contribution in [0.15, 0.2) is 53.6 Å². The Kier molecular flexibility index (Phi) is 5.89. The lowest BCUT2D eigenvalue weighted by Gasteiger charge is -2.15. The Morgan fingerprint density at radius 3 is 2.65 bits per heavy atom. The van der Waals surface area contributed by atoms with Crippen LogP contribution in [0.4, 0.5) is 5.69 Å². The Hall–Kier alpha value is -2.40. The maximum Gasteiger partial charge on any atom is 0.234 e. The van der Waals surface area contributed by atoms with Crippen LogP contribution < -0.4 is 5.32 Å². The first-order chi connectivity index (χ1) is 12.6. The number of rotatable bonds is 6. The molecule has 5 heteroatoms. The van der Waals surface area contributed by atoms with E-state index >= 15 is 0 Å². The molecule has 134 valence electrons. The Morgan fingerprint density at radius 2 is 1.85 bits per heavy atom. The third-order valence-corrected chi connectivity index (χ3v) is 5.39. The molecule has 2 aromatic carbocycles. The van der Waals surface area contributed by atoms with E-state index in [-0.39, 0.29) is 5.91 Å². The van der Waals surface area contributed by atoms with Crippen LogP contribution in [-0.2, 0) is 4.79 Å². The van der Waals surface area contributed by atoms with Crippen LogP contribution in [0.2, 0.25) is 0 Å². The van der Waals surface area contributed by atoms with Gasteiger partial charge in [0, 0.05) is 11.1 Å². The maximum absolute atomic E-state index is 12.5. The topological polar surface area (TPSA) is 54.9 Å². The van der Waals surface area contributed by atoms with Crippen molar-refractivity contribution in [2.75, 3.05) is 11.1 Å². The molecule has 1 heterocycles. The van der Waals surface area contributed by atoms with Crippen LogP contribution in [0.1, 0.15) is 37.6 Å². The van der Waals surface area contributed by atoms with Gasteiger partial charge in [-0.25, -0.2) is 9.97 Å². The monoisotopic (exact) mass is 365 g/mol. The first kappa shape index (κ1) is 18.4. The second-order valence-electron chi connectivity index (χ2n) is 6.33. The van der Waals surface area contributed by atoms with Crippen LogP contribution in [0.5, 0.6) is 0 Å². The summed E-state index contributed by atoms with van der Waals surface area (Å²) in [5.74, 6) is 1.42. The first-order valence-corrected chi connectivity index (χ1v) is 9.82. The van der Waals surface area contributed by atoms with E-state index in [0.29, 0.717) is 17.5 Å². The number of nitrogens with one attached hydrogen (secondary N) is 1. The van der Waals surface area contributed by atoms with Crippen molar-refractivity contribution in [1.29, 1.82) is 0 Å². The molecule has 26 heavy (non-hydrogen) atoms. The normalized spacial score (nSPS) is 12.1. The molecule has 0 unspecified atom stereocenters. The summed E-state index contributed by atoms with van der Waals surface area (Å²) >= 11 is 1.45. The van der Waals surface area contributed by atoms with Crippen molar-refractivity contribution in [2.45, 2.75) is 38.1 Å². The Bertz CT molecular complexity index is 926. The number of hydrogen-bond acceptors (Lipinski definition) is 4. The van der Waals surface area contributed by atoms with Crippen molar-refractivity contribution in [1.82, 2.24) is 9.97 Å². The number of amides is 1. The van der Waals surface area contributed by atoms with E-state index in [1.165, 1.54) is 17.3 Å². The molecule has 0 fully saturated rings. The second-order valence-corrected chi connectivity index (χ2v) is 7.29. The summed E-state index contributed by atoms with van der Waals surface area (Å²) in [7, 11) is 0. The predicted octanol–water partition coefficient (Wildman–Crippen LogP) is 5.18. The van der Waals surface area contributed by atoms with Gasteiger partial charge in [0.15, 0.2) is 0 Å². The van der Waals surface area contributed by atoms with E-state index in [1.807, 2.05) is 49.4 Å². The zero-order valence-electron chi connectivity index (χ0n) is 15.3. The quantitative estimate of drug-likeness (QED) is 0.483. The minimum Gasteiger partial charge on any atom is -0.325 e. The Morgan fingerprint density at radius 1 is 1.12 bits per heavy atom. The molecule has 4 nitrogen and oxygen atoms in total. The Labute approximate surface area is 158 Å². The summed E-state index contributed by atoms with van der Waals surface area (Å²) in [6, 6.07) is 15.9. The van der Waals surface area contributed by atoms with Crippen molar-refractivity contribution in [3.05, 3.63) is 59.9 Å². The molecule has 0 radical (unpaired) electrons. The maximum atomic E-state index is 12.5. The fourth-order valence-corrected chi connectivity index (χ4v) is 3.71. The highest BCUT2D eigenvalue weighted by atomic mass is 32.2. The number of anilines is 1. The van der Waals surface area contributed by atoms with E-state index in [9.17, 15) is 4.79 Å². The lowest BCUT2D eigenvalue weighted by atomic mass is 9.97. The predicted molar refractivity (Wildman–Crippen MR) is 109 cm³/mol. The van der Waals surface area contributed by atoms with Crippen molar-refractivity contribution >= 4 is 34.3 Å². The molecule has 0 bridgehead atoms. The molecule has 0 saturated carbocycles. The molecule has 1 N–H and O–H groups in total. The zero-order chi connectivity index (χ0) is 18.5. The number of hydrogen-bond donors (Lipinski definition) is 1. The number of carbonyl (C=O) groups excluding carboxylic acids is 1. The fourth-order valence-electron chi connectivity index (χ4n) is 2.85. The van der Waals surface area contributed by atoms with Gasteiger partial charge in [-0.15, -0.1) is 0 Å². The first-order valence-electron chi connectivity index (χ1n) is 8.83. The third kappa shape index (κ3) is 4.22. The highest BCUT2D eigenvalue weighted by Gasteiger charge is 2.13. The molecular formula is C21H23N3OS. The van der Waals surface area contributed by atoms with Gasteiger partial charge < -0.3 is 5.32 Å². The summed E-state index contributed by atoms with van der Waals surface area (Å²) in [5, 5.41) is 4.88. The SMILES string of the molecule is CC[C@@H](C)c1ccccc1NC(=O)CSc1nc(C)nc2ccccc12. The fraction of sp³-hybridized carbons (Fsp3) is 0.286. The number of carbonyl (C=O) groups is 1. The summed E-state index contributed by atoms with van der Waals surface area (Å²) < 4.78 is 0. The van der Waals surface area contributed by atoms with Gasteiger partial charge in [-0.05, 0) is 37.0 Å². The molecule has 0 aliphatic heterocycles. The van der Waals surface area contributed by atoms with Gasteiger partial charge in [0.2, 0.25) is 5.91 Å². The van der Waals surface area contributed by atoms with E-state index in [0.717, 1.165) is 28.0 Å². The largest absolute Gasteiger partial charge is 0.325 e. The highest BCUT2D eigenvalue weighted by Crippen LogP contribution is 2.28. The average molecular weight is 366 g/mol. The smallest absolute Gasteiger partial charge is 0.234 e. The van der Waals surface area contributed by atoms with Crippen molar-refractivity contribution in [2.24, 2.45) is 0 Å². The van der Waals surface area contributed by atoms with E-state index in [4.69, 9.17) is 0 Å². The lowest BCUT2D eigenvalue weighted by molar-refractivity contribution is -0.113. The minimum absolute atomic E-state index is 0.0221. The zero-order valence-corrected chi connectivity index (χ0v) is 16.1. The van der Waals surface area contributed by atoms with Gasteiger partial charge >= 0.3 is 0 Å². The summed E-state index contributed by atoms with van der Waals surface area (Å²) in [6.45, 7) is 6.20. The van der Waals surface area contributed by atoms with Gasteiger partial charge in [-0.2, -0.15) is 0 Å². The second kappa shape index (κ2) is 8.32. The molecular weight excluding hydrogens is 342 g/mol. The van der Waals surface area contributed by atoms with E-state index in [2.05, 4.69) is 35.2 Å². The molecule has 1 atom stereocenters.